The molecule has 19 heavy (non-hydrogen) atoms. The number of hydrogen-bond donors (Lipinski definition) is 1. The molecule has 6 heteroatoms. The predicted molar refractivity (Wildman–Crippen MR) is 69.1 cm³/mol. The zero-order valence-corrected chi connectivity index (χ0v) is 10.5. The van der Waals surface area contributed by atoms with Crippen LogP contribution in [0.5, 0.6) is 0 Å². The van der Waals surface area contributed by atoms with Crippen LogP contribution in [0, 0.1) is 0 Å². The van der Waals surface area contributed by atoms with Crippen molar-refractivity contribution in [1.82, 2.24) is 19.8 Å². The number of nitrogens with one attached hydrogen (secondary N) is 1. The average Bonchev–Trinajstić information content (AvgIpc) is 2.77. The summed E-state index contributed by atoms with van der Waals surface area (Å²) in [4.78, 5) is 6.50. The Labute approximate surface area is 110 Å². The molecule has 0 aliphatic carbocycles. The van der Waals surface area contributed by atoms with Crippen LogP contribution in [0.2, 0.25) is 0 Å². The molecule has 1 N–H and O–H groups in total. The van der Waals surface area contributed by atoms with Crippen LogP contribution < -0.4 is 5.32 Å². The van der Waals surface area contributed by atoms with E-state index in [-0.39, 0.29) is 0 Å². The van der Waals surface area contributed by atoms with Crippen molar-refractivity contribution in [2.45, 2.75) is 13.1 Å². The lowest BCUT2D eigenvalue weighted by molar-refractivity contribution is 0.0679. The van der Waals surface area contributed by atoms with Gasteiger partial charge in [0.05, 0.1) is 17.6 Å². The van der Waals surface area contributed by atoms with Gasteiger partial charge in [0.1, 0.15) is 5.82 Å². The predicted octanol–water partition coefficient (Wildman–Crippen LogP) is 1.84. The first-order valence-corrected chi connectivity index (χ1v) is 6.43. The molecule has 102 valence electrons. The maximum atomic E-state index is 13.2. The van der Waals surface area contributed by atoms with Crippen LogP contribution in [0.3, 0.4) is 0 Å². The first kappa shape index (κ1) is 12.5. The number of imidazole rings is 1. The van der Waals surface area contributed by atoms with Gasteiger partial charge in [-0.3, -0.25) is 9.47 Å². The molecule has 0 spiro atoms. The highest BCUT2D eigenvalue weighted by molar-refractivity contribution is 5.75. The number of nitrogens with zero attached hydrogens (tertiary/aromatic N) is 3. The highest BCUT2D eigenvalue weighted by Crippen LogP contribution is 2.23. The first-order valence-electron chi connectivity index (χ1n) is 6.43. The normalized spacial score (nSPS) is 17.4. The Bertz CT molecular complexity index is 561. The number of benzene rings is 1. The maximum Gasteiger partial charge on any atom is 0.320 e. The molecule has 1 fully saturated rings. The zero-order chi connectivity index (χ0) is 13.2. The molecule has 0 unspecified atom stereocenters. The fourth-order valence-electron chi connectivity index (χ4n) is 2.49. The molecule has 2 heterocycles. The van der Waals surface area contributed by atoms with Gasteiger partial charge in [0.25, 0.3) is 0 Å². The summed E-state index contributed by atoms with van der Waals surface area (Å²) in [5.74, 6) is 0.443. The number of hydrogen-bond acceptors (Lipinski definition) is 3. The van der Waals surface area contributed by atoms with Gasteiger partial charge >= 0.3 is 6.55 Å². The third-order valence-electron chi connectivity index (χ3n) is 3.44. The Morgan fingerprint density at radius 3 is 2.68 bits per heavy atom. The van der Waals surface area contributed by atoms with Gasteiger partial charge in [0.15, 0.2) is 0 Å². The van der Waals surface area contributed by atoms with Crippen LogP contribution in [-0.4, -0.2) is 40.6 Å². The molecule has 2 aromatic rings. The molecule has 0 radical (unpaired) electrons. The van der Waals surface area contributed by atoms with Gasteiger partial charge in [-0.15, -0.1) is 0 Å². The van der Waals surface area contributed by atoms with E-state index in [0.29, 0.717) is 23.4 Å². The van der Waals surface area contributed by atoms with Crippen molar-refractivity contribution in [2.75, 3.05) is 26.2 Å². The van der Waals surface area contributed by atoms with Crippen molar-refractivity contribution >= 4 is 11.0 Å². The molecular formula is C13H16F2N4. The maximum absolute atomic E-state index is 13.2. The molecule has 1 aromatic heterocycles. The molecule has 0 atom stereocenters. The van der Waals surface area contributed by atoms with Gasteiger partial charge in [0, 0.05) is 26.2 Å². The van der Waals surface area contributed by atoms with Crippen LogP contribution in [0.1, 0.15) is 12.4 Å². The molecule has 1 saturated heterocycles. The lowest BCUT2D eigenvalue weighted by atomic mass is 10.3. The van der Waals surface area contributed by atoms with Gasteiger partial charge in [-0.25, -0.2) is 4.98 Å². The van der Waals surface area contributed by atoms with Gasteiger partial charge in [-0.1, -0.05) is 12.1 Å². The van der Waals surface area contributed by atoms with E-state index in [9.17, 15) is 8.78 Å². The number of para-hydroxylation sites is 2. The lowest BCUT2D eigenvalue weighted by Crippen LogP contribution is -2.43. The van der Waals surface area contributed by atoms with E-state index in [1.807, 2.05) is 6.07 Å². The second-order valence-corrected chi connectivity index (χ2v) is 4.69. The monoisotopic (exact) mass is 266 g/mol. The summed E-state index contributed by atoms with van der Waals surface area (Å²) in [6.45, 7) is 1.45. The largest absolute Gasteiger partial charge is 0.320 e. The standard InChI is InChI=1S/C13H16F2N4/c14-13(15)19-11-4-2-1-3-10(11)17-12(19)9-18-7-5-16-6-8-18/h1-4,13,16H,5-9H2. The van der Waals surface area contributed by atoms with E-state index in [1.54, 1.807) is 18.2 Å². The van der Waals surface area contributed by atoms with E-state index in [0.717, 1.165) is 30.7 Å². The van der Waals surface area contributed by atoms with Crippen LogP contribution in [0.4, 0.5) is 8.78 Å². The van der Waals surface area contributed by atoms with Gasteiger partial charge in [0.2, 0.25) is 0 Å². The van der Waals surface area contributed by atoms with Gasteiger partial charge in [-0.2, -0.15) is 8.78 Å². The van der Waals surface area contributed by atoms with E-state index < -0.39 is 6.55 Å². The van der Waals surface area contributed by atoms with Crippen molar-refractivity contribution < 1.29 is 8.78 Å². The number of piperazine rings is 1. The summed E-state index contributed by atoms with van der Waals surface area (Å²) >= 11 is 0. The highest BCUT2D eigenvalue weighted by Gasteiger charge is 2.20. The van der Waals surface area contributed by atoms with E-state index in [4.69, 9.17) is 0 Å². The third kappa shape index (κ3) is 2.46. The minimum absolute atomic E-state index is 0.443. The van der Waals surface area contributed by atoms with Crippen molar-refractivity contribution in [3.8, 4) is 0 Å². The Kier molecular flexibility index (Phi) is 3.44. The number of halogens is 2. The molecular weight excluding hydrogens is 250 g/mol. The molecule has 0 saturated carbocycles. The SMILES string of the molecule is FC(F)n1c(CN2CCNCC2)nc2ccccc21. The number of fused-ring (bicyclic) bond motifs is 1. The fourth-order valence-corrected chi connectivity index (χ4v) is 2.49. The summed E-state index contributed by atoms with van der Waals surface area (Å²) in [6, 6.07) is 7.04. The minimum Gasteiger partial charge on any atom is -0.314 e. The molecule has 4 nitrogen and oxygen atoms in total. The van der Waals surface area contributed by atoms with Crippen LogP contribution in [0.15, 0.2) is 24.3 Å². The van der Waals surface area contributed by atoms with Crippen molar-refractivity contribution in [3.63, 3.8) is 0 Å². The molecule has 1 aromatic carbocycles. The summed E-state index contributed by atoms with van der Waals surface area (Å²) in [7, 11) is 0. The second kappa shape index (κ2) is 5.22. The summed E-state index contributed by atoms with van der Waals surface area (Å²) < 4.78 is 27.5. The van der Waals surface area contributed by atoms with Crippen molar-refractivity contribution in [3.05, 3.63) is 30.1 Å². The second-order valence-electron chi connectivity index (χ2n) is 4.69. The Balaban J connectivity index is 1.95. The first-order chi connectivity index (χ1) is 9.25. The topological polar surface area (TPSA) is 33.1 Å². The molecule has 0 amide bonds. The van der Waals surface area contributed by atoms with Crippen LogP contribution in [-0.2, 0) is 6.54 Å². The smallest absolute Gasteiger partial charge is 0.314 e. The average molecular weight is 266 g/mol. The lowest BCUT2D eigenvalue weighted by Gasteiger charge is -2.26. The fraction of sp³-hybridized carbons (Fsp3) is 0.462. The Hall–Kier alpha value is -1.53. The summed E-state index contributed by atoms with van der Waals surface area (Å²) in [6.07, 6.45) is 0. The van der Waals surface area contributed by atoms with E-state index in [1.165, 1.54) is 0 Å². The quantitative estimate of drug-likeness (QED) is 0.920. The summed E-state index contributed by atoms with van der Waals surface area (Å²) in [5.41, 5.74) is 1.13. The van der Waals surface area contributed by atoms with E-state index >= 15 is 0 Å². The van der Waals surface area contributed by atoms with Crippen molar-refractivity contribution in [1.29, 1.82) is 0 Å². The van der Waals surface area contributed by atoms with Crippen LogP contribution in [0.25, 0.3) is 11.0 Å². The molecule has 0 bridgehead atoms. The number of rotatable bonds is 3. The Morgan fingerprint density at radius 2 is 1.95 bits per heavy atom. The number of alkyl halides is 2. The molecule has 1 aliphatic rings. The zero-order valence-electron chi connectivity index (χ0n) is 10.5. The van der Waals surface area contributed by atoms with Crippen LogP contribution >= 0.6 is 0 Å². The highest BCUT2D eigenvalue weighted by atomic mass is 19.3. The van der Waals surface area contributed by atoms with Gasteiger partial charge in [-0.05, 0) is 12.1 Å². The van der Waals surface area contributed by atoms with Gasteiger partial charge < -0.3 is 5.32 Å². The molecule has 3 rings (SSSR count). The summed E-state index contributed by atoms with van der Waals surface area (Å²) in [5, 5.41) is 3.25. The van der Waals surface area contributed by atoms with E-state index in [2.05, 4.69) is 15.2 Å². The number of aromatic nitrogens is 2. The molecule has 1 aliphatic heterocycles. The Morgan fingerprint density at radius 1 is 1.21 bits per heavy atom. The van der Waals surface area contributed by atoms with Crippen molar-refractivity contribution in [2.24, 2.45) is 0 Å². The minimum atomic E-state index is -2.55. The third-order valence-corrected chi connectivity index (χ3v) is 3.44.